The summed E-state index contributed by atoms with van der Waals surface area (Å²) in [6.07, 6.45) is 2.19. The lowest BCUT2D eigenvalue weighted by molar-refractivity contribution is 0.249. The van der Waals surface area contributed by atoms with Crippen molar-refractivity contribution >= 4 is 11.7 Å². The fourth-order valence-corrected chi connectivity index (χ4v) is 2.63. The van der Waals surface area contributed by atoms with Gasteiger partial charge in [-0.05, 0) is 46.0 Å². The molecule has 6 nitrogen and oxygen atoms in total. The Morgan fingerprint density at radius 2 is 2.05 bits per heavy atom. The molecular formula is C14H23N5O. The Morgan fingerprint density at radius 1 is 1.40 bits per heavy atom. The van der Waals surface area contributed by atoms with Crippen molar-refractivity contribution in [3.63, 3.8) is 0 Å². The van der Waals surface area contributed by atoms with Crippen LogP contribution in [0, 0.1) is 6.92 Å². The van der Waals surface area contributed by atoms with Crippen molar-refractivity contribution < 1.29 is 5.21 Å². The summed E-state index contributed by atoms with van der Waals surface area (Å²) in [6, 6.07) is 4.36. The van der Waals surface area contributed by atoms with Crippen LogP contribution in [0.2, 0.25) is 0 Å². The highest BCUT2D eigenvalue weighted by atomic mass is 16.4. The molecule has 1 aliphatic rings. The van der Waals surface area contributed by atoms with E-state index in [0.29, 0.717) is 11.6 Å². The monoisotopic (exact) mass is 277 g/mol. The SMILES string of the molecule is Cc1ccc(C(N)=NO)c(N2CCC(N(C)C)CC2)n1. The van der Waals surface area contributed by atoms with Crippen molar-refractivity contribution in [2.24, 2.45) is 10.9 Å². The van der Waals surface area contributed by atoms with Gasteiger partial charge in [0.1, 0.15) is 5.82 Å². The maximum Gasteiger partial charge on any atom is 0.173 e. The fraction of sp³-hybridized carbons (Fsp3) is 0.571. The molecule has 3 N–H and O–H groups in total. The Bertz CT molecular complexity index is 492. The number of piperidine rings is 1. The zero-order valence-corrected chi connectivity index (χ0v) is 12.4. The summed E-state index contributed by atoms with van der Waals surface area (Å²) >= 11 is 0. The van der Waals surface area contributed by atoms with Crippen molar-refractivity contribution in [3.05, 3.63) is 23.4 Å². The van der Waals surface area contributed by atoms with Gasteiger partial charge in [0.25, 0.3) is 0 Å². The van der Waals surface area contributed by atoms with Crippen molar-refractivity contribution in [2.45, 2.75) is 25.8 Å². The lowest BCUT2D eigenvalue weighted by Gasteiger charge is -2.36. The van der Waals surface area contributed by atoms with Gasteiger partial charge < -0.3 is 20.7 Å². The molecule has 1 aliphatic heterocycles. The molecular weight excluding hydrogens is 254 g/mol. The summed E-state index contributed by atoms with van der Waals surface area (Å²) in [5.41, 5.74) is 7.38. The van der Waals surface area contributed by atoms with Gasteiger partial charge in [0, 0.05) is 24.8 Å². The predicted molar refractivity (Wildman–Crippen MR) is 80.4 cm³/mol. The quantitative estimate of drug-likeness (QED) is 0.373. The molecule has 0 aliphatic carbocycles. The highest BCUT2D eigenvalue weighted by Crippen LogP contribution is 2.24. The Kier molecular flexibility index (Phi) is 4.44. The Balaban J connectivity index is 2.23. The van der Waals surface area contributed by atoms with E-state index in [1.54, 1.807) is 0 Å². The zero-order valence-electron chi connectivity index (χ0n) is 12.4. The molecule has 0 saturated carbocycles. The first-order valence-corrected chi connectivity index (χ1v) is 6.90. The summed E-state index contributed by atoms with van der Waals surface area (Å²) in [6.45, 7) is 3.82. The molecule has 6 heteroatoms. The first-order valence-electron chi connectivity index (χ1n) is 6.90. The van der Waals surface area contributed by atoms with Crippen molar-refractivity contribution in [3.8, 4) is 0 Å². The van der Waals surface area contributed by atoms with Crippen molar-refractivity contribution in [1.29, 1.82) is 0 Å². The Hall–Kier alpha value is -1.82. The van der Waals surface area contributed by atoms with E-state index in [-0.39, 0.29) is 5.84 Å². The number of oxime groups is 1. The van der Waals surface area contributed by atoms with E-state index >= 15 is 0 Å². The molecule has 110 valence electrons. The third-order valence-electron chi connectivity index (χ3n) is 3.89. The van der Waals surface area contributed by atoms with Crippen LogP contribution in [0.4, 0.5) is 5.82 Å². The first kappa shape index (κ1) is 14.6. The highest BCUT2D eigenvalue weighted by Gasteiger charge is 2.24. The normalized spacial score (nSPS) is 17.8. The van der Waals surface area contributed by atoms with Crippen LogP contribution in [0.25, 0.3) is 0 Å². The number of nitrogens with two attached hydrogens (primary N) is 1. The van der Waals surface area contributed by atoms with Gasteiger partial charge in [-0.3, -0.25) is 0 Å². The van der Waals surface area contributed by atoms with E-state index < -0.39 is 0 Å². The molecule has 1 fully saturated rings. The van der Waals surface area contributed by atoms with Crippen LogP contribution in [-0.2, 0) is 0 Å². The van der Waals surface area contributed by atoms with Gasteiger partial charge in [0.15, 0.2) is 5.84 Å². The molecule has 1 aromatic heterocycles. The third-order valence-corrected chi connectivity index (χ3v) is 3.89. The molecule has 0 aromatic carbocycles. The summed E-state index contributed by atoms with van der Waals surface area (Å²) in [5.74, 6) is 0.930. The van der Waals surface area contributed by atoms with E-state index in [9.17, 15) is 0 Å². The summed E-state index contributed by atoms with van der Waals surface area (Å²) in [4.78, 5) is 9.07. The number of nitrogens with zero attached hydrogens (tertiary/aromatic N) is 4. The fourth-order valence-electron chi connectivity index (χ4n) is 2.63. The molecule has 0 unspecified atom stereocenters. The largest absolute Gasteiger partial charge is 0.409 e. The highest BCUT2D eigenvalue weighted by molar-refractivity contribution is 6.01. The first-order chi connectivity index (χ1) is 9.52. The number of rotatable bonds is 3. The van der Waals surface area contributed by atoms with Crippen LogP contribution in [0.5, 0.6) is 0 Å². The second kappa shape index (κ2) is 6.09. The zero-order chi connectivity index (χ0) is 14.7. The number of aromatic nitrogens is 1. The molecule has 0 amide bonds. The van der Waals surface area contributed by atoms with Crippen LogP contribution in [-0.4, -0.2) is 54.2 Å². The van der Waals surface area contributed by atoms with Crippen molar-refractivity contribution in [2.75, 3.05) is 32.1 Å². The minimum absolute atomic E-state index is 0.113. The van der Waals surface area contributed by atoms with Crippen LogP contribution >= 0.6 is 0 Å². The average Bonchev–Trinajstić information content (AvgIpc) is 2.46. The molecule has 1 saturated heterocycles. The minimum Gasteiger partial charge on any atom is -0.409 e. The average molecular weight is 277 g/mol. The molecule has 20 heavy (non-hydrogen) atoms. The smallest absolute Gasteiger partial charge is 0.173 e. The van der Waals surface area contributed by atoms with Crippen molar-refractivity contribution in [1.82, 2.24) is 9.88 Å². The number of anilines is 1. The van der Waals surface area contributed by atoms with E-state index in [0.717, 1.165) is 37.4 Å². The van der Waals surface area contributed by atoms with E-state index in [1.807, 2.05) is 19.1 Å². The number of hydrogen-bond donors (Lipinski definition) is 2. The Morgan fingerprint density at radius 3 is 2.60 bits per heavy atom. The van der Waals surface area contributed by atoms with Crippen LogP contribution in [0.3, 0.4) is 0 Å². The molecule has 0 spiro atoms. The van der Waals surface area contributed by atoms with Gasteiger partial charge in [0.05, 0.1) is 5.56 Å². The third kappa shape index (κ3) is 3.01. The van der Waals surface area contributed by atoms with E-state index in [1.165, 1.54) is 0 Å². The second-order valence-electron chi connectivity index (χ2n) is 5.49. The summed E-state index contributed by atoms with van der Waals surface area (Å²) in [5, 5.41) is 12.0. The molecule has 1 aromatic rings. The maximum absolute atomic E-state index is 8.91. The standard InChI is InChI=1S/C14H23N5O/c1-10-4-5-12(13(15)17-20)14(16-10)19-8-6-11(7-9-19)18(2)3/h4-5,11,20H,6-9H2,1-3H3,(H2,15,17). The predicted octanol–water partition coefficient (Wildman–Crippen LogP) is 1.01. The van der Waals surface area contributed by atoms with E-state index in [4.69, 9.17) is 10.9 Å². The molecule has 0 radical (unpaired) electrons. The summed E-state index contributed by atoms with van der Waals surface area (Å²) < 4.78 is 0. The lowest BCUT2D eigenvalue weighted by Crippen LogP contribution is -2.43. The van der Waals surface area contributed by atoms with Gasteiger partial charge in [-0.25, -0.2) is 4.98 Å². The second-order valence-corrected chi connectivity index (χ2v) is 5.49. The van der Waals surface area contributed by atoms with Gasteiger partial charge in [-0.1, -0.05) is 5.16 Å². The van der Waals surface area contributed by atoms with Crippen LogP contribution < -0.4 is 10.6 Å². The lowest BCUT2D eigenvalue weighted by atomic mass is 10.0. The van der Waals surface area contributed by atoms with Gasteiger partial charge >= 0.3 is 0 Å². The van der Waals surface area contributed by atoms with Crippen LogP contribution in [0.1, 0.15) is 24.1 Å². The number of amidine groups is 1. The number of hydrogen-bond acceptors (Lipinski definition) is 5. The van der Waals surface area contributed by atoms with Gasteiger partial charge in [-0.15, -0.1) is 0 Å². The summed E-state index contributed by atoms with van der Waals surface area (Å²) in [7, 11) is 4.24. The molecule has 2 rings (SSSR count). The topological polar surface area (TPSA) is 78.0 Å². The number of pyridine rings is 1. The Labute approximate surface area is 119 Å². The van der Waals surface area contributed by atoms with Crippen LogP contribution in [0.15, 0.2) is 17.3 Å². The van der Waals surface area contributed by atoms with Gasteiger partial charge in [0.2, 0.25) is 0 Å². The van der Waals surface area contributed by atoms with E-state index in [2.05, 4.69) is 34.0 Å². The van der Waals surface area contributed by atoms with Gasteiger partial charge in [-0.2, -0.15) is 0 Å². The maximum atomic E-state index is 8.91. The minimum atomic E-state index is 0.113. The molecule has 0 bridgehead atoms. The number of aryl methyl sites for hydroxylation is 1. The molecule has 2 heterocycles. The molecule has 0 atom stereocenters.